The molecule has 0 amide bonds. The Hall–Kier alpha value is -1.53. The molecule has 1 heterocycles. The highest BCUT2D eigenvalue weighted by Gasteiger charge is 2.06. The SMILES string of the molecule is Cc1ccc(/C(N)=N/O)cc1OCc1cc(Br)cs1. The third kappa shape index (κ3) is 3.48. The lowest BCUT2D eigenvalue weighted by Gasteiger charge is -2.09. The van der Waals surface area contributed by atoms with E-state index in [1.807, 2.05) is 24.4 Å². The van der Waals surface area contributed by atoms with E-state index in [0.29, 0.717) is 12.2 Å². The van der Waals surface area contributed by atoms with Gasteiger partial charge in [0.2, 0.25) is 0 Å². The number of halogens is 1. The number of benzene rings is 1. The average molecular weight is 341 g/mol. The minimum absolute atomic E-state index is 0.0729. The van der Waals surface area contributed by atoms with Gasteiger partial charge in [0.1, 0.15) is 12.4 Å². The average Bonchev–Trinajstić information content (AvgIpc) is 2.82. The van der Waals surface area contributed by atoms with Crippen molar-refractivity contribution in [2.75, 3.05) is 0 Å². The van der Waals surface area contributed by atoms with Crippen LogP contribution >= 0.6 is 27.3 Å². The first-order chi connectivity index (χ1) is 9.10. The molecule has 0 spiro atoms. The van der Waals surface area contributed by atoms with Crippen molar-refractivity contribution in [1.82, 2.24) is 0 Å². The van der Waals surface area contributed by atoms with Gasteiger partial charge in [0.15, 0.2) is 5.84 Å². The van der Waals surface area contributed by atoms with E-state index in [1.54, 1.807) is 23.5 Å². The van der Waals surface area contributed by atoms with Crippen molar-refractivity contribution >= 4 is 33.1 Å². The molecule has 4 nitrogen and oxygen atoms in total. The fourth-order valence-corrected chi connectivity index (χ4v) is 2.91. The molecule has 1 aromatic heterocycles. The number of ether oxygens (including phenoxy) is 1. The minimum atomic E-state index is 0.0729. The second-order valence-corrected chi connectivity index (χ2v) is 5.90. The number of nitrogens with zero attached hydrogens (tertiary/aromatic N) is 1. The fraction of sp³-hybridized carbons (Fsp3) is 0.154. The zero-order valence-electron chi connectivity index (χ0n) is 10.3. The van der Waals surface area contributed by atoms with Crippen molar-refractivity contribution in [1.29, 1.82) is 0 Å². The van der Waals surface area contributed by atoms with Gasteiger partial charge < -0.3 is 15.7 Å². The number of hydrogen-bond donors (Lipinski definition) is 2. The molecule has 0 unspecified atom stereocenters. The molecule has 0 aliphatic heterocycles. The normalized spacial score (nSPS) is 11.6. The number of oxime groups is 1. The zero-order valence-corrected chi connectivity index (χ0v) is 12.7. The minimum Gasteiger partial charge on any atom is -0.488 e. The van der Waals surface area contributed by atoms with E-state index in [9.17, 15) is 0 Å². The Bertz CT molecular complexity index is 610. The van der Waals surface area contributed by atoms with Gasteiger partial charge >= 0.3 is 0 Å². The van der Waals surface area contributed by atoms with Crippen LogP contribution in [0.15, 0.2) is 39.3 Å². The molecule has 100 valence electrons. The van der Waals surface area contributed by atoms with Gasteiger partial charge in [-0.15, -0.1) is 11.3 Å². The van der Waals surface area contributed by atoms with Crippen LogP contribution in [-0.2, 0) is 6.61 Å². The highest BCUT2D eigenvalue weighted by atomic mass is 79.9. The molecule has 0 saturated carbocycles. The molecule has 1 aromatic carbocycles. The summed E-state index contributed by atoms with van der Waals surface area (Å²) in [4.78, 5) is 1.13. The summed E-state index contributed by atoms with van der Waals surface area (Å²) >= 11 is 5.04. The summed E-state index contributed by atoms with van der Waals surface area (Å²) in [6.45, 7) is 2.45. The van der Waals surface area contributed by atoms with E-state index in [1.165, 1.54) is 0 Å². The molecule has 0 atom stereocenters. The second-order valence-electron chi connectivity index (χ2n) is 3.99. The predicted molar refractivity (Wildman–Crippen MR) is 80.0 cm³/mol. The van der Waals surface area contributed by atoms with E-state index in [4.69, 9.17) is 15.7 Å². The predicted octanol–water partition coefficient (Wildman–Crippen LogP) is 3.49. The smallest absolute Gasteiger partial charge is 0.170 e. The fourth-order valence-electron chi connectivity index (χ4n) is 1.55. The molecular formula is C13H13BrN2O2S. The molecular weight excluding hydrogens is 328 g/mol. The van der Waals surface area contributed by atoms with Gasteiger partial charge in [0, 0.05) is 20.3 Å². The van der Waals surface area contributed by atoms with Gasteiger partial charge in [0.25, 0.3) is 0 Å². The summed E-state index contributed by atoms with van der Waals surface area (Å²) in [6.07, 6.45) is 0. The van der Waals surface area contributed by atoms with Crippen molar-refractivity contribution in [3.63, 3.8) is 0 Å². The Morgan fingerprint density at radius 1 is 1.47 bits per heavy atom. The Kier molecular flexibility index (Phi) is 4.44. The first-order valence-electron chi connectivity index (χ1n) is 5.54. The van der Waals surface area contributed by atoms with Crippen LogP contribution in [0.25, 0.3) is 0 Å². The molecule has 2 rings (SSSR count). The molecule has 0 radical (unpaired) electrons. The highest BCUT2D eigenvalue weighted by Crippen LogP contribution is 2.24. The van der Waals surface area contributed by atoms with Crippen LogP contribution < -0.4 is 10.5 Å². The lowest BCUT2D eigenvalue weighted by Crippen LogP contribution is -2.13. The van der Waals surface area contributed by atoms with Crippen LogP contribution in [0.4, 0.5) is 0 Å². The van der Waals surface area contributed by atoms with Crippen molar-refractivity contribution in [3.8, 4) is 5.75 Å². The number of thiophene rings is 1. The van der Waals surface area contributed by atoms with Crippen molar-refractivity contribution < 1.29 is 9.94 Å². The Morgan fingerprint density at radius 2 is 2.26 bits per heavy atom. The first-order valence-corrected chi connectivity index (χ1v) is 7.21. The summed E-state index contributed by atoms with van der Waals surface area (Å²) < 4.78 is 6.82. The summed E-state index contributed by atoms with van der Waals surface area (Å²) in [5.41, 5.74) is 7.20. The summed E-state index contributed by atoms with van der Waals surface area (Å²) in [5, 5.41) is 13.7. The van der Waals surface area contributed by atoms with E-state index in [0.717, 1.165) is 20.7 Å². The highest BCUT2D eigenvalue weighted by molar-refractivity contribution is 9.10. The molecule has 0 fully saturated rings. The van der Waals surface area contributed by atoms with Gasteiger partial charge in [-0.2, -0.15) is 0 Å². The lowest BCUT2D eigenvalue weighted by atomic mass is 10.1. The molecule has 3 N–H and O–H groups in total. The van der Waals surface area contributed by atoms with Gasteiger partial charge in [-0.25, -0.2) is 0 Å². The van der Waals surface area contributed by atoms with Crippen molar-refractivity contribution in [2.45, 2.75) is 13.5 Å². The van der Waals surface area contributed by atoms with E-state index in [2.05, 4.69) is 21.1 Å². The Morgan fingerprint density at radius 3 is 2.89 bits per heavy atom. The molecule has 0 bridgehead atoms. The van der Waals surface area contributed by atoms with Gasteiger partial charge in [-0.3, -0.25) is 0 Å². The molecule has 19 heavy (non-hydrogen) atoms. The van der Waals surface area contributed by atoms with Crippen molar-refractivity contribution in [2.24, 2.45) is 10.9 Å². The van der Waals surface area contributed by atoms with Crippen LogP contribution in [0.5, 0.6) is 5.75 Å². The molecule has 2 aromatic rings. The zero-order chi connectivity index (χ0) is 13.8. The summed E-state index contributed by atoms with van der Waals surface area (Å²) in [7, 11) is 0. The van der Waals surface area contributed by atoms with Gasteiger partial charge in [-0.1, -0.05) is 17.3 Å². The number of amidine groups is 1. The molecule has 0 aliphatic carbocycles. The van der Waals surface area contributed by atoms with E-state index >= 15 is 0 Å². The second kappa shape index (κ2) is 6.08. The Labute approximate surface area is 123 Å². The third-order valence-electron chi connectivity index (χ3n) is 2.58. The number of rotatable bonds is 4. The quantitative estimate of drug-likeness (QED) is 0.387. The Balaban J connectivity index is 2.15. The topological polar surface area (TPSA) is 67.8 Å². The molecule has 0 saturated heterocycles. The van der Waals surface area contributed by atoms with Gasteiger partial charge in [-0.05, 0) is 40.5 Å². The van der Waals surface area contributed by atoms with Crippen LogP contribution in [-0.4, -0.2) is 11.0 Å². The number of aryl methyl sites for hydroxylation is 1. The molecule has 6 heteroatoms. The maximum Gasteiger partial charge on any atom is 0.170 e. The lowest BCUT2D eigenvalue weighted by molar-refractivity contribution is 0.307. The van der Waals surface area contributed by atoms with E-state index in [-0.39, 0.29) is 5.84 Å². The molecule has 0 aliphatic rings. The van der Waals surface area contributed by atoms with Crippen molar-refractivity contribution in [3.05, 3.63) is 50.1 Å². The summed E-state index contributed by atoms with van der Waals surface area (Å²) in [5.74, 6) is 0.803. The number of nitrogens with two attached hydrogens (primary N) is 1. The van der Waals surface area contributed by atoms with Crippen LogP contribution in [0.2, 0.25) is 0 Å². The van der Waals surface area contributed by atoms with Crippen LogP contribution in [0, 0.1) is 6.92 Å². The summed E-state index contributed by atoms with van der Waals surface area (Å²) in [6, 6.07) is 7.46. The number of hydrogen-bond acceptors (Lipinski definition) is 4. The van der Waals surface area contributed by atoms with E-state index < -0.39 is 0 Å². The maximum absolute atomic E-state index is 8.68. The monoisotopic (exact) mass is 340 g/mol. The third-order valence-corrected chi connectivity index (χ3v) is 4.25. The maximum atomic E-state index is 8.68. The van der Waals surface area contributed by atoms with Crippen LogP contribution in [0.3, 0.4) is 0 Å². The van der Waals surface area contributed by atoms with Crippen LogP contribution in [0.1, 0.15) is 16.0 Å². The standard InChI is InChI=1S/C13H13BrN2O2S/c1-8-2-3-9(13(15)16-17)4-12(8)18-6-11-5-10(14)7-19-11/h2-5,7,17H,6H2,1H3,(H2,15,16). The largest absolute Gasteiger partial charge is 0.488 e. The van der Waals surface area contributed by atoms with Gasteiger partial charge in [0.05, 0.1) is 0 Å². The first kappa shape index (κ1) is 13.9.